The molecule has 0 N–H and O–H groups in total. The van der Waals surface area contributed by atoms with Crippen molar-refractivity contribution in [2.24, 2.45) is 0 Å². The molecule has 0 aromatic heterocycles. The maximum Gasteiger partial charge on any atom is 0.413 e. The normalized spacial score (nSPS) is 10.7. The molecule has 0 radical (unpaired) electrons. The Morgan fingerprint density at radius 2 is 2.25 bits per heavy atom. The number of carbonyl (C=O) groups is 1. The second-order valence-corrected chi connectivity index (χ2v) is 1.72. The van der Waals surface area contributed by atoms with Gasteiger partial charge in [0.25, 0.3) is 0 Å². The SMILES string of the molecule is CCOC(=O)/C(=C\OC)[N+](=O)[O-]. The first-order valence-corrected chi connectivity index (χ1v) is 3.18. The first kappa shape index (κ1) is 10.4. The Kier molecular flexibility index (Phi) is 4.43. The Labute approximate surface area is 68.9 Å². The van der Waals surface area contributed by atoms with E-state index >= 15 is 0 Å². The minimum Gasteiger partial charge on any atom is -0.497 e. The standard InChI is InChI=1S/C6H9NO5/c1-3-12-6(8)5(4-11-2)7(9)10/h4H,3H2,1-2H3/b5-4+. The molecule has 0 heterocycles. The first-order valence-electron chi connectivity index (χ1n) is 3.18. The lowest BCUT2D eigenvalue weighted by molar-refractivity contribution is -0.423. The van der Waals surface area contributed by atoms with Crippen molar-refractivity contribution in [1.82, 2.24) is 0 Å². The second kappa shape index (κ2) is 5.11. The smallest absolute Gasteiger partial charge is 0.413 e. The third kappa shape index (κ3) is 3.00. The number of nitrogens with zero attached hydrogens (tertiary/aromatic N) is 1. The summed E-state index contributed by atoms with van der Waals surface area (Å²) in [6.45, 7) is 1.65. The largest absolute Gasteiger partial charge is 0.497 e. The molecule has 12 heavy (non-hydrogen) atoms. The van der Waals surface area contributed by atoms with E-state index in [1.165, 1.54) is 7.11 Å². The van der Waals surface area contributed by atoms with Gasteiger partial charge in [-0.25, -0.2) is 4.79 Å². The highest BCUT2D eigenvalue weighted by atomic mass is 16.6. The zero-order chi connectivity index (χ0) is 9.56. The van der Waals surface area contributed by atoms with Crippen LogP contribution in [-0.4, -0.2) is 24.6 Å². The molecule has 0 bridgehead atoms. The summed E-state index contributed by atoms with van der Waals surface area (Å²) in [6.07, 6.45) is 0.734. The minimum atomic E-state index is -0.996. The van der Waals surface area contributed by atoms with Gasteiger partial charge in [0.2, 0.25) is 0 Å². The number of rotatable bonds is 4. The van der Waals surface area contributed by atoms with Crippen molar-refractivity contribution in [3.63, 3.8) is 0 Å². The van der Waals surface area contributed by atoms with Gasteiger partial charge < -0.3 is 9.47 Å². The second-order valence-electron chi connectivity index (χ2n) is 1.72. The van der Waals surface area contributed by atoms with Crippen molar-refractivity contribution in [2.45, 2.75) is 6.92 Å². The highest BCUT2D eigenvalue weighted by Crippen LogP contribution is 1.98. The zero-order valence-electron chi connectivity index (χ0n) is 6.77. The highest BCUT2D eigenvalue weighted by molar-refractivity contribution is 5.85. The van der Waals surface area contributed by atoms with Crippen LogP contribution in [-0.2, 0) is 14.3 Å². The van der Waals surface area contributed by atoms with E-state index < -0.39 is 16.6 Å². The van der Waals surface area contributed by atoms with Gasteiger partial charge in [-0.3, -0.25) is 10.1 Å². The van der Waals surface area contributed by atoms with Crippen LogP contribution in [0, 0.1) is 10.1 Å². The van der Waals surface area contributed by atoms with Gasteiger partial charge in [0.1, 0.15) is 0 Å². The molecule has 0 aromatic rings. The third-order valence-corrected chi connectivity index (χ3v) is 0.911. The summed E-state index contributed by atoms with van der Waals surface area (Å²) in [5, 5.41) is 10.2. The molecule has 0 aromatic carbocycles. The fourth-order valence-electron chi connectivity index (χ4n) is 0.482. The van der Waals surface area contributed by atoms with Gasteiger partial charge in [-0.15, -0.1) is 0 Å². The van der Waals surface area contributed by atoms with Crippen molar-refractivity contribution in [3.8, 4) is 0 Å². The maximum absolute atomic E-state index is 10.8. The molecule has 6 nitrogen and oxygen atoms in total. The van der Waals surface area contributed by atoms with Crippen molar-refractivity contribution in [3.05, 3.63) is 22.1 Å². The molecule has 0 spiro atoms. The Morgan fingerprint density at radius 1 is 1.67 bits per heavy atom. The molecule has 0 saturated carbocycles. The van der Waals surface area contributed by atoms with Gasteiger partial charge in [0.15, 0.2) is 6.26 Å². The van der Waals surface area contributed by atoms with E-state index in [4.69, 9.17) is 0 Å². The van der Waals surface area contributed by atoms with Crippen molar-refractivity contribution >= 4 is 5.97 Å². The van der Waals surface area contributed by atoms with Gasteiger partial charge in [0.05, 0.1) is 18.6 Å². The Hall–Kier alpha value is -1.59. The summed E-state index contributed by atoms with van der Waals surface area (Å²) >= 11 is 0. The Balaban J connectivity index is 4.41. The molecule has 0 fully saturated rings. The highest BCUT2D eigenvalue weighted by Gasteiger charge is 2.23. The monoisotopic (exact) mass is 175 g/mol. The van der Waals surface area contributed by atoms with E-state index in [9.17, 15) is 14.9 Å². The average molecular weight is 175 g/mol. The summed E-state index contributed by atoms with van der Waals surface area (Å²) in [6, 6.07) is 0. The van der Waals surface area contributed by atoms with Crippen LogP contribution in [0.4, 0.5) is 0 Å². The van der Waals surface area contributed by atoms with Crippen LogP contribution >= 0.6 is 0 Å². The van der Waals surface area contributed by atoms with Crippen LogP contribution < -0.4 is 0 Å². The van der Waals surface area contributed by atoms with Crippen LogP contribution in [0.15, 0.2) is 12.0 Å². The van der Waals surface area contributed by atoms with Crippen LogP contribution in [0.3, 0.4) is 0 Å². The molecule has 0 atom stereocenters. The molecule has 0 amide bonds. The van der Waals surface area contributed by atoms with Gasteiger partial charge >= 0.3 is 11.7 Å². The van der Waals surface area contributed by atoms with Crippen molar-refractivity contribution in [2.75, 3.05) is 13.7 Å². The maximum atomic E-state index is 10.8. The molecule has 68 valence electrons. The molecular weight excluding hydrogens is 166 g/mol. The number of ether oxygens (including phenoxy) is 2. The molecule has 0 unspecified atom stereocenters. The lowest BCUT2D eigenvalue weighted by Crippen LogP contribution is -2.14. The molecular formula is C6H9NO5. The number of nitro groups is 1. The zero-order valence-corrected chi connectivity index (χ0v) is 6.77. The van der Waals surface area contributed by atoms with E-state index in [-0.39, 0.29) is 6.61 Å². The van der Waals surface area contributed by atoms with Gasteiger partial charge in [-0.2, -0.15) is 0 Å². The Bertz CT molecular complexity index is 210. The van der Waals surface area contributed by atoms with E-state index in [2.05, 4.69) is 9.47 Å². The van der Waals surface area contributed by atoms with Crippen LogP contribution in [0.2, 0.25) is 0 Å². The quantitative estimate of drug-likeness (QED) is 0.202. The summed E-state index contributed by atoms with van der Waals surface area (Å²) in [7, 11) is 1.21. The number of hydrogen-bond acceptors (Lipinski definition) is 5. The summed E-state index contributed by atoms with van der Waals surface area (Å²) in [5.41, 5.74) is -0.709. The number of esters is 1. The number of carbonyl (C=O) groups excluding carboxylic acids is 1. The fraction of sp³-hybridized carbons (Fsp3) is 0.500. The average Bonchev–Trinajstić information content (AvgIpc) is 1.99. The predicted molar refractivity (Wildman–Crippen MR) is 38.7 cm³/mol. The molecule has 0 saturated heterocycles. The Morgan fingerprint density at radius 3 is 2.58 bits per heavy atom. The number of hydrogen-bond donors (Lipinski definition) is 0. The van der Waals surface area contributed by atoms with E-state index in [1.54, 1.807) is 6.92 Å². The van der Waals surface area contributed by atoms with Gasteiger partial charge in [-0.05, 0) is 6.92 Å². The molecule has 0 aliphatic rings. The summed E-state index contributed by atoms with van der Waals surface area (Å²) < 4.78 is 8.72. The van der Waals surface area contributed by atoms with E-state index in [0.717, 1.165) is 6.26 Å². The molecule has 6 heteroatoms. The van der Waals surface area contributed by atoms with Crippen molar-refractivity contribution in [1.29, 1.82) is 0 Å². The van der Waals surface area contributed by atoms with Crippen LogP contribution in [0.5, 0.6) is 0 Å². The number of methoxy groups -OCH3 is 1. The van der Waals surface area contributed by atoms with Gasteiger partial charge in [0, 0.05) is 0 Å². The van der Waals surface area contributed by atoms with E-state index in [0.29, 0.717) is 0 Å². The molecule has 0 aliphatic heterocycles. The molecule has 0 aliphatic carbocycles. The lowest BCUT2D eigenvalue weighted by Gasteiger charge is -1.97. The first-order chi connectivity index (χ1) is 5.63. The predicted octanol–water partition coefficient (Wildman–Crippen LogP) is 0.314. The topological polar surface area (TPSA) is 78.7 Å². The molecule has 0 rings (SSSR count). The summed E-state index contributed by atoms with van der Waals surface area (Å²) in [4.78, 5) is 20.1. The lowest BCUT2D eigenvalue weighted by atomic mass is 10.5. The third-order valence-electron chi connectivity index (χ3n) is 0.911. The van der Waals surface area contributed by atoms with E-state index in [1.807, 2.05) is 0 Å². The van der Waals surface area contributed by atoms with Crippen molar-refractivity contribution < 1.29 is 19.2 Å². The fourth-order valence-corrected chi connectivity index (χ4v) is 0.482. The summed E-state index contributed by atoms with van der Waals surface area (Å²) in [5.74, 6) is -0.996. The van der Waals surface area contributed by atoms with Crippen LogP contribution in [0.1, 0.15) is 6.92 Å². The van der Waals surface area contributed by atoms with Crippen LogP contribution in [0.25, 0.3) is 0 Å². The minimum absolute atomic E-state index is 0.0910. The van der Waals surface area contributed by atoms with Gasteiger partial charge in [-0.1, -0.05) is 0 Å².